The van der Waals surface area contributed by atoms with Crippen LogP contribution in [0.1, 0.15) is 64.9 Å². The van der Waals surface area contributed by atoms with Gasteiger partial charge in [-0.2, -0.15) is 9.97 Å². The average molecular weight is 772 g/mol. The fraction of sp³-hybridized carbons (Fsp3) is 0.488. The third kappa shape index (κ3) is 6.89. The molecule has 294 valence electrons. The van der Waals surface area contributed by atoms with Crippen LogP contribution in [0.5, 0.6) is 11.8 Å². The molecule has 1 unspecified atom stereocenters. The van der Waals surface area contributed by atoms with Gasteiger partial charge in [0.2, 0.25) is 0 Å². The Kier molecular flexibility index (Phi) is 9.82. The summed E-state index contributed by atoms with van der Waals surface area (Å²) in [6.45, 7) is 6.01. The van der Waals surface area contributed by atoms with E-state index in [9.17, 15) is 14.9 Å². The van der Waals surface area contributed by atoms with Gasteiger partial charge in [0.05, 0.1) is 45.7 Å². The number of nitrogens with zero attached hydrogens (tertiary/aromatic N) is 5. The molecule has 1 aliphatic carbocycles. The molecule has 4 saturated heterocycles. The van der Waals surface area contributed by atoms with Crippen LogP contribution in [0.15, 0.2) is 30.3 Å². The second-order valence-electron chi connectivity index (χ2n) is 16.0. The number of piperazine rings is 1. The van der Waals surface area contributed by atoms with Crippen LogP contribution in [0.25, 0.3) is 32.8 Å². The highest BCUT2D eigenvalue weighted by atomic mass is 19.1. The number of benzene rings is 3. The summed E-state index contributed by atoms with van der Waals surface area (Å²) in [6, 6.07) is 6.17. The quantitative estimate of drug-likeness (QED) is 0.0723. The lowest BCUT2D eigenvalue weighted by Crippen LogP contribution is -2.57. The topological polar surface area (TPSA) is 139 Å². The molecule has 5 heterocycles. The molecule has 1 saturated carbocycles. The van der Waals surface area contributed by atoms with Gasteiger partial charge in [-0.05, 0) is 88.8 Å². The summed E-state index contributed by atoms with van der Waals surface area (Å²) in [5.41, 5.74) is -2.27. The van der Waals surface area contributed by atoms with E-state index in [1.54, 1.807) is 11.0 Å². The highest BCUT2D eigenvalue weighted by Gasteiger charge is 2.45. The van der Waals surface area contributed by atoms with Crippen molar-refractivity contribution in [3.63, 3.8) is 0 Å². The third-order valence-electron chi connectivity index (χ3n) is 11.2. The summed E-state index contributed by atoms with van der Waals surface area (Å²) in [7, 11) is 1.42. The Hall–Kier alpha value is -5.33. The lowest BCUT2D eigenvalue weighted by molar-refractivity contribution is -0.384. The van der Waals surface area contributed by atoms with Crippen LogP contribution in [-0.2, 0) is 14.2 Å². The molecule has 4 aliphatic heterocycles. The van der Waals surface area contributed by atoms with Gasteiger partial charge in [0, 0.05) is 37.2 Å². The number of nitro benzene ring substituents is 1. The lowest BCUT2D eigenvalue weighted by atomic mass is 9.80. The summed E-state index contributed by atoms with van der Waals surface area (Å²) < 4.78 is 61.8. The molecular weight excluding hydrogens is 728 g/mol. The zero-order valence-corrected chi connectivity index (χ0v) is 31.7. The molecule has 0 N–H and O–H groups in total. The minimum Gasteiger partial charge on any atom is -0.468 e. The standard InChI is InChI=1S/C41H43F2N5O8/c1-6-28-31(42)14-9-23-15-27(54-21-52-5)16-29(34(23)28)35-32(48(50)51)17-30-37(36(35)43)44-39(53-20-33-22-7-12-26(55-33)13-8-22)45-38(30)46-18-24-10-11-25(19-46)47(24)40(49)56-41(2,3)4/h1,9,14-17,22,24-26,33H,7-8,10-13,18-21H2,2-5H3/t22?,24-,25+,26?,33?. The zero-order valence-electron chi connectivity index (χ0n) is 31.7. The first-order valence-corrected chi connectivity index (χ1v) is 18.9. The summed E-state index contributed by atoms with van der Waals surface area (Å²) in [5, 5.41) is 13.5. The van der Waals surface area contributed by atoms with Gasteiger partial charge in [-0.25, -0.2) is 13.6 Å². The van der Waals surface area contributed by atoms with E-state index in [1.807, 2.05) is 25.7 Å². The first-order valence-electron chi connectivity index (χ1n) is 18.9. The van der Waals surface area contributed by atoms with E-state index < -0.39 is 39.5 Å². The molecule has 9 rings (SSSR count). The number of ether oxygens (including phenoxy) is 5. The lowest BCUT2D eigenvalue weighted by Gasteiger charge is -2.42. The monoisotopic (exact) mass is 771 g/mol. The van der Waals surface area contributed by atoms with Gasteiger partial charge in [0.25, 0.3) is 5.69 Å². The fourth-order valence-electron chi connectivity index (χ4n) is 8.82. The smallest absolute Gasteiger partial charge is 0.410 e. The molecule has 5 fully saturated rings. The predicted molar refractivity (Wildman–Crippen MR) is 203 cm³/mol. The van der Waals surface area contributed by atoms with Crippen molar-refractivity contribution in [3.05, 3.63) is 57.6 Å². The van der Waals surface area contributed by atoms with Gasteiger partial charge in [0.1, 0.15) is 35.1 Å². The van der Waals surface area contributed by atoms with Crippen molar-refractivity contribution in [2.45, 2.75) is 89.2 Å². The third-order valence-corrected chi connectivity index (χ3v) is 11.2. The van der Waals surface area contributed by atoms with E-state index in [1.165, 1.54) is 31.4 Å². The van der Waals surface area contributed by atoms with Crippen LogP contribution in [0.3, 0.4) is 0 Å². The molecule has 0 spiro atoms. The molecule has 5 aliphatic rings. The molecule has 1 amide bonds. The van der Waals surface area contributed by atoms with Crippen molar-refractivity contribution in [2.75, 3.05) is 38.5 Å². The van der Waals surface area contributed by atoms with Crippen molar-refractivity contribution in [1.29, 1.82) is 0 Å². The van der Waals surface area contributed by atoms with Crippen LogP contribution in [0, 0.1) is 40.0 Å². The van der Waals surface area contributed by atoms with Crippen LogP contribution < -0.4 is 14.4 Å². The van der Waals surface area contributed by atoms with Crippen molar-refractivity contribution in [1.82, 2.24) is 14.9 Å². The maximum absolute atomic E-state index is 17.6. The largest absolute Gasteiger partial charge is 0.468 e. The number of halogens is 2. The minimum absolute atomic E-state index is 0.0644. The molecule has 56 heavy (non-hydrogen) atoms. The second-order valence-corrected chi connectivity index (χ2v) is 16.0. The number of hydrogen-bond acceptors (Lipinski definition) is 11. The molecule has 3 atom stereocenters. The minimum atomic E-state index is -1.05. The maximum Gasteiger partial charge on any atom is 0.410 e. The Bertz CT molecular complexity index is 2250. The van der Waals surface area contributed by atoms with Crippen molar-refractivity contribution in [2.24, 2.45) is 5.92 Å². The zero-order chi connectivity index (χ0) is 39.5. The SMILES string of the molecule is C#Cc1c(F)ccc2cc(OCOC)cc(-c3c([N+](=O)[O-])cc4c(N5C[C@H]6CC[C@@H](C5)N6C(=O)OC(C)(C)C)nc(OCC5OC6CCC5CC6)nc4c3F)c12. The Labute approximate surface area is 322 Å². The number of methoxy groups -OCH3 is 1. The van der Waals surface area contributed by atoms with E-state index in [0.717, 1.165) is 25.7 Å². The van der Waals surface area contributed by atoms with E-state index in [0.29, 0.717) is 37.2 Å². The van der Waals surface area contributed by atoms with Gasteiger partial charge in [-0.3, -0.25) is 15.0 Å². The van der Waals surface area contributed by atoms with E-state index >= 15 is 8.78 Å². The Morgan fingerprint density at radius 1 is 1.05 bits per heavy atom. The van der Waals surface area contributed by atoms with E-state index in [2.05, 4.69) is 10.9 Å². The first kappa shape index (κ1) is 37.6. The number of hydrogen-bond donors (Lipinski definition) is 0. The number of fused-ring (bicyclic) bond motifs is 7. The number of rotatable bonds is 9. The molecular formula is C41H43F2N5O8. The maximum atomic E-state index is 17.6. The number of nitro groups is 1. The van der Waals surface area contributed by atoms with Crippen LogP contribution >= 0.6 is 0 Å². The normalized spacial score (nSPS) is 23.1. The van der Waals surface area contributed by atoms with Crippen molar-refractivity contribution >= 4 is 39.3 Å². The summed E-state index contributed by atoms with van der Waals surface area (Å²) in [6.07, 6.45) is 10.8. The molecule has 13 nitrogen and oxygen atoms in total. The molecule has 4 bridgehead atoms. The number of terminal acetylenes is 1. The first-order chi connectivity index (χ1) is 26.8. The number of anilines is 1. The molecule has 3 aromatic carbocycles. The number of aromatic nitrogens is 2. The highest BCUT2D eigenvalue weighted by Crippen LogP contribution is 2.46. The average Bonchev–Trinajstić information content (AvgIpc) is 3.44. The summed E-state index contributed by atoms with van der Waals surface area (Å²) in [5.74, 6) is 1.26. The van der Waals surface area contributed by atoms with E-state index in [4.69, 9.17) is 35.1 Å². The van der Waals surface area contributed by atoms with Gasteiger partial charge in [-0.15, -0.1) is 6.42 Å². The van der Waals surface area contributed by atoms with Gasteiger partial charge in [0.15, 0.2) is 12.6 Å². The Balaban J connectivity index is 1.29. The van der Waals surface area contributed by atoms with Gasteiger partial charge in [-0.1, -0.05) is 12.0 Å². The van der Waals surface area contributed by atoms with Crippen molar-refractivity contribution < 1.29 is 42.2 Å². The molecule has 1 aromatic heterocycles. The molecule has 15 heteroatoms. The van der Waals surface area contributed by atoms with E-state index in [-0.39, 0.29) is 82.7 Å². The Morgan fingerprint density at radius 3 is 2.41 bits per heavy atom. The fourth-order valence-corrected chi connectivity index (χ4v) is 8.82. The van der Waals surface area contributed by atoms with Crippen LogP contribution in [0.2, 0.25) is 0 Å². The Morgan fingerprint density at radius 2 is 1.79 bits per heavy atom. The summed E-state index contributed by atoms with van der Waals surface area (Å²) in [4.78, 5) is 38.6. The number of carbonyl (C=O) groups excluding carboxylic acids is 1. The van der Waals surface area contributed by atoms with Crippen molar-refractivity contribution in [3.8, 4) is 35.2 Å². The number of carbonyl (C=O) groups is 1. The predicted octanol–water partition coefficient (Wildman–Crippen LogP) is 7.52. The second kappa shape index (κ2) is 14.6. The summed E-state index contributed by atoms with van der Waals surface area (Å²) >= 11 is 0. The highest BCUT2D eigenvalue weighted by molar-refractivity contribution is 6.06. The molecule has 4 aromatic rings. The van der Waals surface area contributed by atoms with Crippen LogP contribution in [0.4, 0.5) is 25.1 Å². The molecule has 0 radical (unpaired) electrons. The van der Waals surface area contributed by atoms with Gasteiger partial charge >= 0.3 is 12.1 Å². The van der Waals surface area contributed by atoms with Crippen LogP contribution in [-0.4, -0.2) is 89.4 Å². The van der Waals surface area contributed by atoms with Gasteiger partial charge < -0.3 is 28.6 Å². The number of amides is 1.